The van der Waals surface area contributed by atoms with Crippen LogP contribution in [0.3, 0.4) is 0 Å². The monoisotopic (exact) mass is 230 g/mol. The molecule has 0 aliphatic rings. The molecule has 0 fully saturated rings. The summed E-state index contributed by atoms with van der Waals surface area (Å²) in [6.45, 7) is 8.38. The summed E-state index contributed by atoms with van der Waals surface area (Å²) in [4.78, 5) is 0. The number of hydrogen-bond acceptors (Lipinski definition) is 2. The fraction of sp³-hybridized carbons (Fsp3) is 0.357. The molecule has 17 heavy (non-hydrogen) atoms. The van der Waals surface area contributed by atoms with E-state index in [1.165, 1.54) is 5.56 Å². The van der Waals surface area contributed by atoms with Crippen LogP contribution in [0, 0.1) is 6.92 Å². The average Bonchev–Trinajstić information content (AvgIpc) is 2.69. The Hall–Kier alpha value is -1.77. The molecule has 1 heterocycles. The summed E-state index contributed by atoms with van der Waals surface area (Å²) >= 11 is 0. The number of hydrogen-bond donors (Lipinski definition) is 0. The quantitative estimate of drug-likeness (QED) is 0.785. The van der Waals surface area contributed by atoms with Gasteiger partial charge in [0.05, 0.1) is 17.9 Å². The standard InChI is InChI=1S/C14H18N2O/c1-11-5-7-12(8-6-11)17-13-9-15-16(10-13)14(2,3)4/h5-10H,1-4H3. The van der Waals surface area contributed by atoms with E-state index in [0.29, 0.717) is 0 Å². The van der Waals surface area contributed by atoms with Crippen LogP contribution in [0.1, 0.15) is 26.3 Å². The first-order valence-electron chi connectivity index (χ1n) is 5.75. The van der Waals surface area contributed by atoms with Crippen molar-refractivity contribution in [3.63, 3.8) is 0 Å². The van der Waals surface area contributed by atoms with Gasteiger partial charge in [0, 0.05) is 0 Å². The van der Waals surface area contributed by atoms with Gasteiger partial charge in [-0.05, 0) is 39.8 Å². The molecule has 1 aromatic carbocycles. The van der Waals surface area contributed by atoms with Crippen molar-refractivity contribution in [3.05, 3.63) is 42.2 Å². The van der Waals surface area contributed by atoms with Gasteiger partial charge in [0.1, 0.15) is 5.75 Å². The molecule has 1 aromatic heterocycles. The van der Waals surface area contributed by atoms with Gasteiger partial charge in [-0.15, -0.1) is 0 Å². The van der Waals surface area contributed by atoms with Gasteiger partial charge in [-0.1, -0.05) is 17.7 Å². The molecular formula is C14H18N2O. The first-order chi connectivity index (χ1) is 7.95. The average molecular weight is 230 g/mol. The van der Waals surface area contributed by atoms with E-state index in [9.17, 15) is 0 Å². The molecule has 3 heteroatoms. The van der Waals surface area contributed by atoms with Gasteiger partial charge < -0.3 is 4.74 Å². The molecule has 2 rings (SSSR count). The number of aryl methyl sites for hydroxylation is 1. The largest absolute Gasteiger partial charge is 0.454 e. The van der Waals surface area contributed by atoms with E-state index in [1.54, 1.807) is 6.20 Å². The van der Waals surface area contributed by atoms with Crippen LogP contribution in [0.2, 0.25) is 0 Å². The number of aromatic nitrogens is 2. The van der Waals surface area contributed by atoms with Gasteiger partial charge >= 0.3 is 0 Å². The van der Waals surface area contributed by atoms with E-state index < -0.39 is 0 Å². The summed E-state index contributed by atoms with van der Waals surface area (Å²) in [5.74, 6) is 1.60. The van der Waals surface area contributed by atoms with Crippen molar-refractivity contribution in [1.82, 2.24) is 9.78 Å². The number of rotatable bonds is 2. The lowest BCUT2D eigenvalue weighted by Gasteiger charge is -2.18. The molecule has 0 N–H and O–H groups in total. The van der Waals surface area contributed by atoms with Gasteiger partial charge in [-0.3, -0.25) is 4.68 Å². The van der Waals surface area contributed by atoms with E-state index in [1.807, 2.05) is 35.1 Å². The van der Waals surface area contributed by atoms with Gasteiger partial charge in [0.2, 0.25) is 0 Å². The van der Waals surface area contributed by atoms with Crippen molar-refractivity contribution < 1.29 is 4.74 Å². The van der Waals surface area contributed by atoms with Gasteiger partial charge in [-0.2, -0.15) is 5.10 Å². The molecule has 3 nitrogen and oxygen atoms in total. The topological polar surface area (TPSA) is 27.1 Å². The van der Waals surface area contributed by atoms with Crippen molar-refractivity contribution >= 4 is 0 Å². The number of nitrogens with zero attached hydrogens (tertiary/aromatic N) is 2. The lowest BCUT2D eigenvalue weighted by atomic mass is 10.1. The second-order valence-corrected chi connectivity index (χ2v) is 5.21. The van der Waals surface area contributed by atoms with Crippen LogP contribution < -0.4 is 4.74 Å². The first-order valence-corrected chi connectivity index (χ1v) is 5.75. The van der Waals surface area contributed by atoms with Gasteiger partial charge in [0.25, 0.3) is 0 Å². The first kappa shape index (κ1) is 11.7. The van der Waals surface area contributed by atoms with Crippen LogP contribution in [0.25, 0.3) is 0 Å². The zero-order chi connectivity index (χ0) is 12.5. The molecule has 0 saturated heterocycles. The Kier molecular flexibility index (Phi) is 2.92. The van der Waals surface area contributed by atoms with Crippen LogP contribution in [-0.2, 0) is 5.54 Å². The van der Waals surface area contributed by atoms with Crippen molar-refractivity contribution in [2.45, 2.75) is 33.2 Å². The van der Waals surface area contributed by atoms with Crippen molar-refractivity contribution in [2.75, 3.05) is 0 Å². The van der Waals surface area contributed by atoms with E-state index in [2.05, 4.69) is 32.8 Å². The summed E-state index contributed by atoms with van der Waals surface area (Å²) in [6, 6.07) is 7.99. The minimum absolute atomic E-state index is 0.0190. The maximum absolute atomic E-state index is 5.73. The van der Waals surface area contributed by atoms with E-state index >= 15 is 0 Å². The van der Waals surface area contributed by atoms with E-state index in [-0.39, 0.29) is 5.54 Å². The van der Waals surface area contributed by atoms with E-state index in [4.69, 9.17) is 4.74 Å². The Labute approximate surface area is 102 Å². The van der Waals surface area contributed by atoms with Crippen LogP contribution in [0.4, 0.5) is 0 Å². The third-order valence-corrected chi connectivity index (χ3v) is 2.50. The highest BCUT2D eigenvalue weighted by Gasteiger charge is 2.14. The Morgan fingerprint density at radius 2 is 1.71 bits per heavy atom. The molecule has 0 radical (unpaired) electrons. The third-order valence-electron chi connectivity index (χ3n) is 2.50. The van der Waals surface area contributed by atoms with Crippen LogP contribution in [0.15, 0.2) is 36.7 Å². The molecular weight excluding hydrogens is 212 g/mol. The summed E-state index contributed by atoms with van der Waals surface area (Å²) in [5.41, 5.74) is 1.21. The molecule has 2 aromatic rings. The highest BCUT2D eigenvalue weighted by atomic mass is 16.5. The lowest BCUT2D eigenvalue weighted by Crippen LogP contribution is -2.21. The second-order valence-electron chi connectivity index (χ2n) is 5.21. The fourth-order valence-corrected chi connectivity index (χ4v) is 1.47. The molecule has 90 valence electrons. The lowest BCUT2D eigenvalue weighted by molar-refractivity contribution is 0.353. The summed E-state index contributed by atoms with van der Waals surface area (Å²) in [6.07, 6.45) is 3.66. The Morgan fingerprint density at radius 1 is 1.06 bits per heavy atom. The Balaban J connectivity index is 2.14. The molecule has 0 bridgehead atoms. The molecule has 0 saturated carbocycles. The Morgan fingerprint density at radius 3 is 2.24 bits per heavy atom. The highest BCUT2D eigenvalue weighted by Crippen LogP contribution is 2.23. The number of benzene rings is 1. The zero-order valence-corrected chi connectivity index (χ0v) is 10.8. The smallest absolute Gasteiger partial charge is 0.165 e. The molecule has 0 spiro atoms. The fourth-order valence-electron chi connectivity index (χ4n) is 1.47. The van der Waals surface area contributed by atoms with E-state index in [0.717, 1.165) is 11.5 Å². The van der Waals surface area contributed by atoms with Gasteiger partial charge in [-0.25, -0.2) is 0 Å². The van der Waals surface area contributed by atoms with Crippen LogP contribution in [-0.4, -0.2) is 9.78 Å². The van der Waals surface area contributed by atoms with Crippen molar-refractivity contribution in [3.8, 4) is 11.5 Å². The normalized spacial score (nSPS) is 11.5. The molecule has 0 amide bonds. The third kappa shape index (κ3) is 2.87. The van der Waals surface area contributed by atoms with Crippen LogP contribution >= 0.6 is 0 Å². The predicted octanol–water partition coefficient (Wildman–Crippen LogP) is 3.74. The Bertz CT molecular complexity index is 492. The second kappa shape index (κ2) is 4.24. The summed E-state index contributed by atoms with van der Waals surface area (Å²) < 4.78 is 7.63. The zero-order valence-electron chi connectivity index (χ0n) is 10.8. The molecule has 0 aliphatic carbocycles. The minimum atomic E-state index is -0.0190. The van der Waals surface area contributed by atoms with Crippen LogP contribution in [0.5, 0.6) is 11.5 Å². The maximum atomic E-state index is 5.73. The minimum Gasteiger partial charge on any atom is -0.454 e. The maximum Gasteiger partial charge on any atom is 0.165 e. The van der Waals surface area contributed by atoms with Crippen molar-refractivity contribution in [1.29, 1.82) is 0 Å². The molecule has 0 unspecified atom stereocenters. The van der Waals surface area contributed by atoms with Crippen molar-refractivity contribution in [2.24, 2.45) is 0 Å². The summed E-state index contributed by atoms with van der Waals surface area (Å²) in [5, 5.41) is 4.29. The molecule has 0 aliphatic heterocycles. The SMILES string of the molecule is Cc1ccc(Oc2cnn(C(C)(C)C)c2)cc1. The van der Waals surface area contributed by atoms with Gasteiger partial charge in [0.15, 0.2) is 5.75 Å². The molecule has 0 atom stereocenters. The highest BCUT2D eigenvalue weighted by molar-refractivity contribution is 5.30. The predicted molar refractivity (Wildman–Crippen MR) is 68.5 cm³/mol. The number of ether oxygens (including phenoxy) is 1. The summed E-state index contributed by atoms with van der Waals surface area (Å²) in [7, 11) is 0.